The van der Waals surface area contributed by atoms with Gasteiger partial charge in [-0.3, -0.25) is 0 Å². The molecule has 1 fully saturated rings. The van der Waals surface area contributed by atoms with Gasteiger partial charge in [0.1, 0.15) is 0 Å². The summed E-state index contributed by atoms with van der Waals surface area (Å²) in [7, 11) is 0. The van der Waals surface area contributed by atoms with Crippen molar-refractivity contribution in [3.63, 3.8) is 0 Å². The molecule has 1 nitrogen and oxygen atoms in total. The quantitative estimate of drug-likeness (QED) is 0.639. The molecular formula is C7H15NS. The number of hydrogen-bond acceptors (Lipinski definition) is 2. The standard InChI is InChI=1S/C7H15NS/c1-2-7(6-8)4-3-5-9-7/h2-6,8H2,1H3. The minimum atomic E-state index is 0.472. The van der Waals surface area contributed by atoms with Crippen molar-refractivity contribution in [2.24, 2.45) is 5.73 Å². The lowest BCUT2D eigenvalue weighted by Gasteiger charge is -2.23. The Morgan fingerprint density at radius 3 is 2.67 bits per heavy atom. The van der Waals surface area contributed by atoms with Gasteiger partial charge in [0.25, 0.3) is 0 Å². The van der Waals surface area contributed by atoms with Gasteiger partial charge in [0.15, 0.2) is 0 Å². The predicted octanol–water partition coefficient (Wildman–Crippen LogP) is 1.62. The summed E-state index contributed by atoms with van der Waals surface area (Å²) >= 11 is 2.06. The lowest BCUT2D eigenvalue weighted by atomic mass is 10.0. The van der Waals surface area contributed by atoms with E-state index in [1.54, 1.807) is 0 Å². The Hall–Kier alpha value is 0.310. The summed E-state index contributed by atoms with van der Waals surface area (Å²) in [6.07, 6.45) is 3.95. The van der Waals surface area contributed by atoms with Gasteiger partial charge in [0.05, 0.1) is 0 Å². The molecule has 0 aromatic carbocycles. The van der Waals surface area contributed by atoms with Gasteiger partial charge in [0.2, 0.25) is 0 Å². The molecule has 1 aliphatic heterocycles. The van der Waals surface area contributed by atoms with Crippen LogP contribution in [0.3, 0.4) is 0 Å². The van der Waals surface area contributed by atoms with Gasteiger partial charge in [-0.25, -0.2) is 0 Å². The zero-order chi connectivity index (χ0) is 6.74. The van der Waals surface area contributed by atoms with Gasteiger partial charge in [-0.15, -0.1) is 0 Å². The van der Waals surface area contributed by atoms with Crippen LogP contribution in [0.15, 0.2) is 0 Å². The van der Waals surface area contributed by atoms with E-state index >= 15 is 0 Å². The molecule has 0 spiro atoms. The van der Waals surface area contributed by atoms with Crippen LogP contribution in [0, 0.1) is 0 Å². The van der Waals surface area contributed by atoms with Gasteiger partial charge in [0, 0.05) is 11.3 Å². The van der Waals surface area contributed by atoms with Crippen LogP contribution >= 0.6 is 11.8 Å². The lowest BCUT2D eigenvalue weighted by molar-refractivity contribution is 0.551. The molecule has 9 heavy (non-hydrogen) atoms. The third kappa shape index (κ3) is 1.41. The predicted molar refractivity (Wildman–Crippen MR) is 43.8 cm³/mol. The first-order valence-electron chi connectivity index (χ1n) is 3.67. The average molecular weight is 145 g/mol. The average Bonchev–Trinajstić information content (AvgIpc) is 2.36. The lowest BCUT2D eigenvalue weighted by Crippen LogP contribution is -2.30. The Morgan fingerprint density at radius 2 is 2.44 bits per heavy atom. The van der Waals surface area contributed by atoms with Crippen LogP contribution in [0.25, 0.3) is 0 Å². The van der Waals surface area contributed by atoms with E-state index in [4.69, 9.17) is 5.73 Å². The number of nitrogens with two attached hydrogens (primary N) is 1. The maximum absolute atomic E-state index is 5.66. The second kappa shape index (κ2) is 2.93. The molecule has 1 saturated heterocycles. The molecule has 0 aromatic rings. The van der Waals surface area contributed by atoms with Crippen LogP contribution in [0.1, 0.15) is 26.2 Å². The van der Waals surface area contributed by atoms with Crippen molar-refractivity contribution >= 4 is 11.8 Å². The summed E-state index contributed by atoms with van der Waals surface area (Å²) in [6, 6.07) is 0. The maximum atomic E-state index is 5.66. The van der Waals surface area contributed by atoms with Crippen molar-refractivity contribution < 1.29 is 0 Å². The third-order valence-electron chi connectivity index (χ3n) is 2.20. The van der Waals surface area contributed by atoms with Gasteiger partial charge in [-0.2, -0.15) is 11.8 Å². The second-order valence-electron chi connectivity index (χ2n) is 2.69. The number of thioether (sulfide) groups is 1. The van der Waals surface area contributed by atoms with E-state index in [0.717, 1.165) is 6.54 Å². The second-order valence-corrected chi connectivity index (χ2v) is 4.26. The Morgan fingerprint density at radius 1 is 1.67 bits per heavy atom. The SMILES string of the molecule is CCC1(CN)CCCS1. The van der Waals surface area contributed by atoms with Crippen molar-refractivity contribution in [1.29, 1.82) is 0 Å². The fraction of sp³-hybridized carbons (Fsp3) is 1.00. The van der Waals surface area contributed by atoms with Gasteiger partial charge < -0.3 is 5.73 Å². The first-order valence-corrected chi connectivity index (χ1v) is 4.65. The molecule has 1 heterocycles. The molecule has 2 N–H and O–H groups in total. The van der Waals surface area contributed by atoms with E-state index in [2.05, 4.69) is 18.7 Å². The number of rotatable bonds is 2. The van der Waals surface area contributed by atoms with Gasteiger partial charge in [-0.05, 0) is 25.0 Å². The van der Waals surface area contributed by atoms with Crippen LogP contribution in [0.4, 0.5) is 0 Å². The monoisotopic (exact) mass is 145 g/mol. The minimum Gasteiger partial charge on any atom is -0.329 e. The van der Waals surface area contributed by atoms with E-state index in [0.29, 0.717) is 4.75 Å². The van der Waals surface area contributed by atoms with Crippen molar-refractivity contribution in [2.75, 3.05) is 12.3 Å². The smallest absolute Gasteiger partial charge is 0.0279 e. The molecule has 54 valence electrons. The van der Waals surface area contributed by atoms with E-state index in [9.17, 15) is 0 Å². The zero-order valence-electron chi connectivity index (χ0n) is 6.02. The first kappa shape index (κ1) is 7.42. The summed E-state index contributed by atoms with van der Waals surface area (Å²) in [5.41, 5.74) is 5.66. The highest BCUT2D eigenvalue weighted by Crippen LogP contribution is 2.39. The van der Waals surface area contributed by atoms with Gasteiger partial charge in [-0.1, -0.05) is 6.92 Å². The molecule has 0 aliphatic carbocycles. The molecular weight excluding hydrogens is 130 g/mol. The highest BCUT2D eigenvalue weighted by Gasteiger charge is 2.30. The fourth-order valence-electron chi connectivity index (χ4n) is 1.34. The Bertz CT molecular complexity index is 80.9. The summed E-state index contributed by atoms with van der Waals surface area (Å²) in [6.45, 7) is 3.11. The summed E-state index contributed by atoms with van der Waals surface area (Å²) < 4.78 is 0.472. The van der Waals surface area contributed by atoms with E-state index in [1.807, 2.05) is 0 Å². The molecule has 2 heteroatoms. The summed E-state index contributed by atoms with van der Waals surface area (Å²) in [5, 5.41) is 0. The molecule has 0 radical (unpaired) electrons. The summed E-state index contributed by atoms with van der Waals surface area (Å²) in [5.74, 6) is 1.32. The molecule has 0 amide bonds. The van der Waals surface area contributed by atoms with E-state index in [1.165, 1.54) is 25.0 Å². The van der Waals surface area contributed by atoms with Crippen LogP contribution in [0.5, 0.6) is 0 Å². The van der Waals surface area contributed by atoms with Crippen molar-refractivity contribution in [3.8, 4) is 0 Å². The van der Waals surface area contributed by atoms with E-state index < -0.39 is 0 Å². The topological polar surface area (TPSA) is 26.0 Å². The van der Waals surface area contributed by atoms with Crippen LogP contribution < -0.4 is 5.73 Å². The van der Waals surface area contributed by atoms with Crippen LogP contribution in [-0.2, 0) is 0 Å². The minimum absolute atomic E-state index is 0.472. The first-order chi connectivity index (χ1) is 4.33. The molecule has 1 unspecified atom stereocenters. The number of hydrogen-bond donors (Lipinski definition) is 1. The highest BCUT2D eigenvalue weighted by atomic mass is 32.2. The molecule has 0 saturated carbocycles. The molecule has 1 aliphatic rings. The Kier molecular flexibility index (Phi) is 2.42. The van der Waals surface area contributed by atoms with Crippen molar-refractivity contribution in [3.05, 3.63) is 0 Å². The molecule has 0 aromatic heterocycles. The Labute approximate surface area is 61.4 Å². The highest BCUT2D eigenvalue weighted by molar-refractivity contribution is 8.00. The normalized spacial score (nSPS) is 35.3. The van der Waals surface area contributed by atoms with Crippen LogP contribution in [-0.4, -0.2) is 17.0 Å². The molecule has 1 atom stereocenters. The van der Waals surface area contributed by atoms with Crippen LogP contribution in [0.2, 0.25) is 0 Å². The third-order valence-corrected chi connectivity index (χ3v) is 3.97. The summed E-state index contributed by atoms with van der Waals surface area (Å²) in [4.78, 5) is 0. The van der Waals surface area contributed by atoms with Crippen molar-refractivity contribution in [1.82, 2.24) is 0 Å². The fourth-order valence-corrected chi connectivity index (χ4v) is 2.67. The molecule has 0 bridgehead atoms. The molecule has 1 rings (SSSR count). The zero-order valence-corrected chi connectivity index (χ0v) is 6.84. The largest absolute Gasteiger partial charge is 0.329 e. The maximum Gasteiger partial charge on any atom is 0.0279 e. The van der Waals surface area contributed by atoms with Gasteiger partial charge >= 0.3 is 0 Å². The van der Waals surface area contributed by atoms with Crippen molar-refractivity contribution in [2.45, 2.75) is 30.9 Å². The van der Waals surface area contributed by atoms with E-state index in [-0.39, 0.29) is 0 Å². The Balaban J connectivity index is 2.45.